The van der Waals surface area contributed by atoms with Gasteiger partial charge in [-0.3, -0.25) is 9.13 Å². The lowest BCUT2D eigenvalue weighted by atomic mass is 10.1. The van der Waals surface area contributed by atoms with Gasteiger partial charge in [0.25, 0.3) is 0 Å². The summed E-state index contributed by atoms with van der Waals surface area (Å²) in [5.74, 6) is -1.23. The second-order valence-corrected chi connectivity index (χ2v) is 7.71. The molecule has 25 heavy (non-hydrogen) atoms. The molecule has 132 valence electrons. The van der Waals surface area contributed by atoms with Crippen LogP contribution in [0.4, 0.5) is 4.39 Å². The van der Waals surface area contributed by atoms with Gasteiger partial charge in [-0.15, -0.1) is 11.3 Å². The van der Waals surface area contributed by atoms with Gasteiger partial charge in [0.05, 0.1) is 22.9 Å². The van der Waals surface area contributed by atoms with E-state index in [1.807, 2.05) is 0 Å². The Balaban J connectivity index is 2.15. The standard InChI is InChI=1S/C15H14FN2O5PS/c1-2-13(19)11-7-25-15(17-11)14(20)10-6-18(24(21,22)23)12-4-3-8(16)5-9(10)12/h3-7,13,19H,2H2,1H3,(H2,21,22,23)/t13-/m1/s1. The molecule has 1 aromatic carbocycles. The Bertz CT molecular complexity index is 1010. The van der Waals surface area contributed by atoms with E-state index in [2.05, 4.69) is 4.98 Å². The van der Waals surface area contributed by atoms with Crippen LogP contribution >= 0.6 is 19.1 Å². The smallest absolute Gasteiger partial charge is 0.387 e. The number of carbonyl (C=O) groups excluding carboxylic acids is 1. The summed E-state index contributed by atoms with van der Waals surface area (Å²) in [6.07, 6.45) is 0.636. The van der Waals surface area contributed by atoms with Crippen molar-refractivity contribution in [3.63, 3.8) is 0 Å². The van der Waals surface area contributed by atoms with Crippen molar-refractivity contribution in [3.8, 4) is 0 Å². The molecule has 2 aromatic heterocycles. The van der Waals surface area contributed by atoms with Gasteiger partial charge in [-0.2, -0.15) is 0 Å². The van der Waals surface area contributed by atoms with E-state index < -0.39 is 25.5 Å². The van der Waals surface area contributed by atoms with Gasteiger partial charge in [0.2, 0.25) is 5.78 Å². The van der Waals surface area contributed by atoms with Gasteiger partial charge in [0, 0.05) is 17.0 Å². The van der Waals surface area contributed by atoms with Gasteiger partial charge in [0.1, 0.15) is 5.82 Å². The maximum atomic E-state index is 13.6. The molecule has 0 amide bonds. The van der Waals surface area contributed by atoms with E-state index in [4.69, 9.17) is 0 Å². The first-order chi connectivity index (χ1) is 11.7. The van der Waals surface area contributed by atoms with Crippen LogP contribution in [0.1, 0.15) is 40.5 Å². The Morgan fingerprint density at radius 3 is 2.80 bits per heavy atom. The molecule has 3 N–H and O–H groups in total. The summed E-state index contributed by atoms with van der Waals surface area (Å²) in [5, 5.41) is 11.5. The summed E-state index contributed by atoms with van der Waals surface area (Å²) >= 11 is 1.01. The molecule has 3 rings (SSSR count). The number of aliphatic hydroxyl groups excluding tert-OH is 1. The normalized spacial score (nSPS) is 13.3. The number of aromatic nitrogens is 2. The first-order valence-electron chi connectivity index (χ1n) is 7.27. The van der Waals surface area contributed by atoms with Crippen LogP contribution in [-0.4, -0.2) is 30.0 Å². The maximum absolute atomic E-state index is 13.6. The fourth-order valence-electron chi connectivity index (χ4n) is 2.45. The average molecular weight is 384 g/mol. The van der Waals surface area contributed by atoms with Gasteiger partial charge in [0.15, 0.2) is 5.01 Å². The number of carbonyl (C=O) groups is 1. The second-order valence-electron chi connectivity index (χ2n) is 5.39. The first-order valence-corrected chi connectivity index (χ1v) is 9.72. The Labute approximate surface area is 145 Å². The van der Waals surface area contributed by atoms with Gasteiger partial charge in [-0.1, -0.05) is 6.92 Å². The SMILES string of the molecule is CC[C@@H](O)c1csc(C(=O)c2cn(P(=O)(O)O)c3ccc(F)cc23)n1. The number of aliphatic hydroxyl groups is 1. The third kappa shape index (κ3) is 3.29. The van der Waals surface area contributed by atoms with Gasteiger partial charge in [-0.25, -0.2) is 13.9 Å². The molecule has 3 aromatic rings. The molecule has 0 spiro atoms. The third-order valence-corrected chi connectivity index (χ3v) is 5.47. The molecule has 0 aliphatic rings. The van der Waals surface area contributed by atoms with Crippen molar-refractivity contribution < 1.29 is 28.6 Å². The first kappa shape index (κ1) is 17.9. The van der Waals surface area contributed by atoms with E-state index >= 15 is 0 Å². The number of hydrogen-bond acceptors (Lipinski definition) is 5. The monoisotopic (exact) mass is 384 g/mol. The van der Waals surface area contributed by atoms with E-state index in [1.54, 1.807) is 12.3 Å². The highest BCUT2D eigenvalue weighted by atomic mass is 32.1. The van der Waals surface area contributed by atoms with Crippen LogP contribution in [0.2, 0.25) is 0 Å². The molecule has 0 saturated heterocycles. The maximum Gasteiger partial charge on any atom is 0.434 e. The summed E-state index contributed by atoms with van der Waals surface area (Å²) < 4.78 is 25.9. The lowest BCUT2D eigenvalue weighted by Crippen LogP contribution is -2.02. The lowest BCUT2D eigenvalue weighted by molar-refractivity contribution is 0.103. The summed E-state index contributed by atoms with van der Waals surface area (Å²) in [7, 11) is -4.72. The zero-order valence-corrected chi connectivity index (χ0v) is 14.7. The number of hydrogen-bond donors (Lipinski definition) is 3. The molecular weight excluding hydrogens is 370 g/mol. The van der Waals surface area contributed by atoms with E-state index in [1.165, 1.54) is 6.07 Å². The number of thiazole rings is 1. The van der Waals surface area contributed by atoms with Crippen LogP contribution in [0.25, 0.3) is 10.9 Å². The topological polar surface area (TPSA) is 113 Å². The van der Waals surface area contributed by atoms with Crippen LogP contribution < -0.4 is 0 Å². The highest BCUT2D eigenvalue weighted by Gasteiger charge is 2.26. The van der Waals surface area contributed by atoms with E-state index in [9.17, 15) is 28.6 Å². The van der Waals surface area contributed by atoms with Crippen molar-refractivity contribution in [2.75, 3.05) is 0 Å². The summed E-state index contributed by atoms with van der Waals surface area (Å²) in [5.41, 5.74) is 0.328. The summed E-state index contributed by atoms with van der Waals surface area (Å²) in [4.78, 5) is 35.7. The molecule has 0 radical (unpaired) electrons. The minimum atomic E-state index is -4.72. The van der Waals surface area contributed by atoms with Crippen molar-refractivity contribution in [1.82, 2.24) is 9.32 Å². The number of nitrogens with zero attached hydrogens (tertiary/aromatic N) is 2. The molecule has 10 heteroatoms. The van der Waals surface area contributed by atoms with Crippen molar-refractivity contribution in [2.24, 2.45) is 0 Å². The Hall–Kier alpha value is -1.90. The van der Waals surface area contributed by atoms with Crippen LogP contribution in [0, 0.1) is 5.82 Å². The fraction of sp³-hybridized carbons (Fsp3) is 0.200. The molecule has 0 aliphatic heterocycles. The predicted octanol–water partition coefficient (Wildman–Crippen LogP) is 2.85. The Morgan fingerprint density at radius 2 is 2.16 bits per heavy atom. The molecule has 2 heterocycles. The largest absolute Gasteiger partial charge is 0.434 e. The van der Waals surface area contributed by atoms with Crippen molar-refractivity contribution in [1.29, 1.82) is 0 Å². The molecule has 1 atom stereocenters. The minimum absolute atomic E-state index is 0.0449. The molecule has 0 aliphatic carbocycles. The van der Waals surface area contributed by atoms with E-state index in [0.29, 0.717) is 16.5 Å². The average Bonchev–Trinajstić information content (AvgIpc) is 3.17. The Kier molecular flexibility index (Phi) is 4.61. The van der Waals surface area contributed by atoms with Crippen molar-refractivity contribution in [3.05, 3.63) is 51.9 Å². The number of fused-ring (bicyclic) bond motifs is 1. The molecule has 7 nitrogen and oxygen atoms in total. The highest BCUT2D eigenvalue weighted by molar-refractivity contribution is 7.50. The summed E-state index contributed by atoms with van der Waals surface area (Å²) in [6, 6.07) is 3.31. The summed E-state index contributed by atoms with van der Waals surface area (Å²) in [6.45, 7) is 1.77. The van der Waals surface area contributed by atoms with Gasteiger partial charge >= 0.3 is 7.75 Å². The number of ketones is 1. The zero-order valence-electron chi connectivity index (χ0n) is 13.0. The lowest BCUT2D eigenvalue weighted by Gasteiger charge is -2.05. The molecule has 0 bridgehead atoms. The quantitative estimate of drug-likeness (QED) is 0.461. The van der Waals surface area contributed by atoms with Crippen molar-refractivity contribution in [2.45, 2.75) is 19.4 Å². The van der Waals surface area contributed by atoms with Gasteiger partial charge in [-0.05, 0) is 24.6 Å². The van der Waals surface area contributed by atoms with Crippen LogP contribution in [-0.2, 0) is 4.57 Å². The van der Waals surface area contributed by atoms with Crippen LogP contribution in [0.3, 0.4) is 0 Å². The van der Waals surface area contributed by atoms with E-state index in [0.717, 1.165) is 29.7 Å². The molecule has 0 fully saturated rings. The highest BCUT2D eigenvalue weighted by Crippen LogP contribution is 2.42. The van der Waals surface area contributed by atoms with Crippen LogP contribution in [0.5, 0.6) is 0 Å². The minimum Gasteiger partial charge on any atom is -0.387 e. The zero-order chi connectivity index (χ0) is 18.4. The second kappa shape index (κ2) is 6.44. The van der Waals surface area contributed by atoms with Gasteiger partial charge < -0.3 is 14.9 Å². The molecular formula is C15H14FN2O5PS. The predicted molar refractivity (Wildman–Crippen MR) is 90.1 cm³/mol. The Morgan fingerprint density at radius 1 is 1.44 bits per heavy atom. The number of benzene rings is 1. The fourth-order valence-corrected chi connectivity index (χ4v) is 3.99. The van der Waals surface area contributed by atoms with E-state index in [-0.39, 0.29) is 21.5 Å². The van der Waals surface area contributed by atoms with Crippen LogP contribution in [0.15, 0.2) is 29.8 Å². The molecule has 0 unspecified atom stereocenters. The number of rotatable bonds is 5. The number of halogens is 1. The third-order valence-electron chi connectivity index (χ3n) is 3.72. The molecule has 0 saturated carbocycles. The van der Waals surface area contributed by atoms with Crippen molar-refractivity contribution >= 4 is 35.8 Å².